The molecule has 3 heteroatoms. The summed E-state index contributed by atoms with van der Waals surface area (Å²) < 4.78 is 5.18. The monoisotopic (exact) mass is 235 g/mol. The van der Waals surface area contributed by atoms with Crippen LogP contribution in [0, 0.1) is 6.92 Å². The van der Waals surface area contributed by atoms with E-state index in [1.54, 1.807) is 19.4 Å². The Hall–Kier alpha value is -1.51. The number of methoxy groups -OCH3 is 1. The molecule has 0 aliphatic heterocycles. The first-order valence-corrected chi connectivity index (χ1v) is 6.03. The molecule has 94 valence electrons. The van der Waals surface area contributed by atoms with Crippen LogP contribution in [0.15, 0.2) is 17.1 Å². The third-order valence-corrected chi connectivity index (χ3v) is 2.91. The molecule has 0 bridgehead atoms. The van der Waals surface area contributed by atoms with Gasteiger partial charge < -0.3 is 9.84 Å². The predicted octanol–water partition coefficient (Wildman–Crippen LogP) is 3.32. The highest BCUT2D eigenvalue weighted by molar-refractivity contribution is 5.85. The summed E-state index contributed by atoms with van der Waals surface area (Å²) in [6, 6.07) is 3.93. The normalized spacial score (nSPS) is 11.4. The van der Waals surface area contributed by atoms with Gasteiger partial charge in [0.1, 0.15) is 11.5 Å². The Labute approximate surface area is 103 Å². The molecule has 1 N–H and O–H groups in total. The lowest BCUT2D eigenvalue weighted by atomic mass is 10.1. The molecular weight excluding hydrogens is 214 g/mol. The molecule has 1 aromatic carbocycles. The third kappa shape index (κ3) is 3.48. The zero-order valence-electron chi connectivity index (χ0n) is 11.0. The molecule has 17 heavy (non-hydrogen) atoms. The number of phenols is 1. The summed E-state index contributed by atoms with van der Waals surface area (Å²) in [7, 11) is 1.62. The van der Waals surface area contributed by atoms with Crippen LogP contribution in [0.5, 0.6) is 11.5 Å². The maximum atomic E-state index is 9.93. The van der Waals surface area contributed by atoms with Crippen LogP contribution in [-0.2, 0) is 0 Å². The molecule has 0 fully saturated rings. The summed E-state index contributed by atoms with van der Waals surface area (Å²) in [4.78, 5) is 4.47. The minimum Gasteiger partial charge on any atom is -0.507 e. The van der Waals surface area contributed by atoms with E-state index in [1.807, 2.05) is 13.0 Å². The summed E-state index contributed by atoms with van der Waals surface area (Å²) >= 11 is 0. The van der Waals surface area contributed by atoms with Gasteiger partial charge in [-0.1, -0.05) is 13.8 Å². The predicted molar refractivity (Wildman–Crippen MR) is 71.4 cm³/mol. The minimum absolute atomic E-state index is 0.278. The first-order valence-electron chi connectivity index (χ1n) is 6.03. The zero-order valence-corrected chi connectivity index (χ0v) is 11.0. The number of rotatable bonds is 5. The van der Waals surface area contributed by atoms with E-state index in [0.29, 0.717) is 11.6 Å². The van der Waals surface area contributed by atoms with Crippen molar-refractivity contribution in [1.82, 2.24) is 0 Å². The molecule has 0 saturated heterocycles. The average molecular weight is 235 g/mol. The summed E-state index contributed by atoms with van der Waals surface area (Å²) in [5.41, 5.74) is 1.52. The molecule has 1 aromatic rings. The first-order chi connectivity index (χ1) is 8.12. The molecule has 0 aromatic heterocycles. The van der Waals surface area contributed by atoms with Crippen molar-refractivity contribution in [3.05, 3.63) is 23.3 Å². The maximum Gasteiger partial charge on any atom is 0.127 e. The molecule has 0 spiro atoms. The van der Waals surface area contributed by atoms with Gasteiger partial charge in [-0.2, -0.15) is 0 Å². The van der Waals surface area contributed by atoms with Gasteiger partial charge in [-0.15, -0.1) is 0 Å². The van der Waals surface area contributed by atoms with Gasteiger partial charge in [-0.05, 0) is 37.5 Å². The van der Waals surface area contributed by atoms with Crippen LogP contribution in [0.4, 0.5) is 0 Å². The second kappa shape index (κ2) is 6.28. The Morgan fingerprint density at radius 2 is 2.00 bits per heavy atom. The molecule has 1 rings (SSSR count). The lowest BCUT2D eigenvalue weighted by molar-refractivity contribution is 0.411. The van der Waals surface area contributed by atoms with Crippen molar-refractivity contribution >= 4 is 6.21 Å². The number of aryl methyl sites for hydroxylation is 1. The van der Waals surface area contributed by atoms with Crippen molar-refractivity contribution in [2.45, 2.75) is 39.7 Å². The van der Waals surface area contributed by atoms with Crippen LogP contribution in [0.2, 0.25) is 0 Å². The van der Waals surface area contributed by atoms with E-state index < -0.39 is 0 Å². The smallest absolute Gasteiger partial charge is 0.127 e. The summed E-state index contributed by atoms with van der Waals surface area (Å²) in [5, 5.41) is 9.93. The first kappa shape index (κ1) is 13.6. The molecule has 0 atom stereocenters. The van der Waals surface area contributed by atoms with Gasteiger partial charge in [0.2, 0.25) is 0 Å². The van der Waals surface area contributed by atoms with Gasteiger partial charge in [-0.25, -0.2) is 0 Å². The van der Waals surface area contributed by atoms with Crippen LogP contribution >= 0.6 is 0 Å². The number of hydrogen-bond acceptors (Lipinski definition) is 3. The average Bonchev–Trinajstić information content (AvgIpc) is 2.35. The molecular formula is C14H21NO2. The second-order valence-electron chi connectivity index (χ2n) is 4.13. The fourth-order valence-corrected chi connectivity index (χ4v) is 1.67. The summed E-state index contributed by atoms with van der Waals surface area (Å²) in [6.45, 7) is 6.08. The van der Waals surface area contributed by atoms with Crippen LogP contribution in [0.25, 0.3) is 0 Å². The largest absolute Gasteiger partial charge is 0.507 e. The standard InChI is InChI=1S/C14H21NO2/c1-5-12(6-2)15-9-11-8-13(17-4)7-10(3)14(11)16/h7-9,12,16H,5-6H2,1-4H3. The van der Waals surface area contributed by atoms with Crippen molar-refractivity contribution in [2.24, 2.45) is 4.99 Å². The number of benzene rings is 1. The number of nitrogens with zero attached hydrogens (tertiary/aromatic N) is 1. The Bertz CT molecular complexity index is 395. The van der Waals surface area contributed by atoms with Crippen molar-refractivity contribution in [3.8, 4) is 11.5 Å². The highest BCUT2D eigenvalue weighted by Crippen LogP contribution is 2.26. The second-order valence-corrected chi connectivity index (χ2v) is 4.13. The topological polar surface area (TPSA) is 41.8 Å². The molecule has 3 nitrogen and oxygen atoms in total. The van der Waals surface area contributed by atoms with Crippen molar-refractivity contribution in [1.29, 1.82) is 0 Å². The fourth-order valence-electron chi connectivity index (χ4n) is 1.67. The highest BCUT2D eigenvalue weighted by atomic mass is 16.5. The highest BCUT2D eigenvalue weighted by Gasteiger charge is 2.06. The fraction of sp³-hybridized carbons (Fsp3) is 0.500. The Morgan fingerprint density at radius 3 is 2.53 bits per heavy atom. The van der Waals surface area contributed by atoms with E-state index in [2.05, 4.69) is 18.8 Å². The van der Waals surface area contributed by atoms with Crippen molar-refractivity contribution < 1.29 is 9.84 Å². The van der Waals surface area contributed by atoms with E-state index in [-0.39, 0.29) is 5.75 Å². The van der Waals surface area contributed by atoms with E-state index in [9.17, 15) is 5.11 Å². The van der Waals surface area contributed by atoms with Gasteiger partial charge in [0, 0.05) is 17.8 Å². The van der Waals surface area contributed by atoms with Gasteiger partial charge in [0.15, 0.2) is 0 Å². The molecule has 0 aliphatic rings. The number of aromatic hydroxyl groups is 1. The molecule has 0 unspecified atom stereocenters. The van der Waals surface area contributed by atoms with Gasteiger partial charge in [0.25, 0.3) is 0 Å². The Kier molecular flexibility index (Phi) is 5.01. The lowest BCUT2D eigenvalue weighted by Gasteiger charge is -2.09. The summed E-state index contributed by atoms with van der Waals surface area (Å²) in [5.74, 6) is 1.02. The SMILES string of the molecule is CCC(CC)N=Cc1cc(OC)cc(C)c1O. The minimum atomic E-state index is 0.278. The quantitative estimate of drug-likeness (QED) is 0.795. The van der Waals surface area contributed by atoms with Crippen LogP contribution in [-0.4, -0.2) is 24.5 Å². The van der Waals surface area contributed by atoms with Crippen LogP contribution in [0.3, 0.4) is 0 Å². The van der Waals surface area contributed by atoms with E-state index >= 15 is 0 Å². The van der Waals surface area contributed by atoms with E-state index in [1.165, 1.54) is 0 Å². The molecule has 0 radical (unpaired) electrons. The number of phenolic OH excluding ortho intramolecular Hbond substituents is 1. The van der Waals surface area contributed by atoms with Crippen molar-refractivity contribution in [2.75, 3.05) is 7.11 Å². The van der Waals surface area contributed by atoms with Gasteiger partial charge >= 0.3 is 0 Å². The van der Waals surface area contributed by atoms with Gasteiger partial charge in [0.05, 0.1) is 7.11 Å². The number of aliphatic imine (C=N–C) groups is 1. The lowest BCUT2D eigenvalue weighted by Crippen LogP contribution is -2.01. The van der Waals surface area contributed by atoms with E-state index in [0.717, 1.165) is 24.2 Å². The Balaban J connectivity index is 3.00. The third-order valence-electron chi connectivity index (χ3n) is 2.91. The Morgan fingerprint density at radius 1 is 1.35 bits per heavy atom. The molecule has 0 saturated carbocycles. The van der Waals surface area contributed by atoms with Crippen molar-refractivity contribution in [3.63, 3.8) is 0 Å². The number of hydrogen-bond donors (Lipinski definition) is 1. The maximum absolute atomic E-state index is 9.93. The molecule has 0 heterocycles. The van der Waals surface area contributed by atoms with E-state index in [4.69, 9.17) is 4.74 Å². The van der Waals surface area contributed by atoms with Crippen LogP contribution in [0.1, 0.15) is 37.8 Å². The summed E-state index contributed by atoms with van der Waals surface area (Å²) in [6.07, 6.45) is 3.76. The molecule has 0 amide bonds. The number of ether oxygens (including phenoxy) is 1. The zero-order chi connectivity index (χ0) is 12.8. The van der Waals surface area contributed by atoms with Crippen LogP contribution < -0.4 is 4.74 Å². The molecule has 0 aliphatic carbocycles. The van der Waals surface area contributed by atoms with Gasteiger partial charge in [-0.3, -0.25) is 4.99 Å².